The third-order valence-electron chi connectivity index (χ3n) is 3.23. The first kappa shape index (κ1) is 17.9. The molecule has 0 saturated carbocycles. The predicted octanol–water partition coefficient (Wildman–Crippen LogP) is 4.20. The molecule has 0 aliphatic heterocycles. The van der Waals surface area contributed by atoms with Gasteiger partial charge < -0.3 is 0 Å². The van der Waals surface area contributed by atoms with E-state index in [9.17, 15) is 8.42 Å². The average molecular weight is 309 g/mol. The van der Waals surface area contributed by atoms with E-state index in [-0.39, 0.29) is 15.7 Å². The Hall–Kier alpha value is -1.13. The number of hydrogen-bond donors (Lipinski definition) is 1. The first-order valence-corrected chi connectivity index (χ1v) is 8.68. The predicted molar refractivity (Wildman–Crippen MR) is 89.3 cm³/mol. The largest absolute Gasteiger partial charge is 0.238 e. The standard InChI is InChI=1S/C17H27NO2S/c1-16(2,3)12-14(17(4,5)6)11-13-7-9-15(10-8-13)21(18,19)20/h7-11H,12H2,1-6H3,(H2,18,19,20). The van der Waals surface area contributed by atoms with E-state index in [1.54, 1.807) is 24.3 Å². The summed E-state index contributed by atoms with van der Waals surface area (Å²) in [6.07, 6.45) is 3.14. The number of sulfonamides is 1. The van der Waals surface area contributed by atoms with E-state index in [0.29, 0.717) is 0 Å². The van der Waals surface area contributed by atoms with Crippen LogP contribution in [0.4, 0.5) is 0 Å². The van der Waals surface area contributed by atoms with Crippen molar-refractivity contribution in [3.63, 3.8) is 0 Å². The number of rotatable bonds is 3. The normalized spacial score (nSPS) is 14.3. The van der Waals surface area contributed by atoms with E-state index in [1.807, 2.05) is 0 Å². The highest BCUT2D eigenvalue weighted by molar-refractivity contribution is 7.89. The summed E-state index contributed by atoms with van der Waals surface area (Å²) in [6, 6.07) is 6.71. The minimum Gasteiger partial charge on any atom is -0.225 e. The molecule has 0 bridgehead atoms. The molecule has 0 aliphatic rings. The second-order valence-electron chi connectivity index (χ2n) is 7.77. The van der Waals surface area contributed by atoms with Gasteiger partial charge in [-0.2, -0.15) is 0 Å². The van der Waals surface area contributed by atoms with Crippen LogP contribution in [0, 0.1) is 10.8 Å². The van der Waals surface area contributed by atoms with Gasteiger partial charge in [-0.25, -0.2) is 13.6 Å². The molecule has 2 N–H and O–H groups in total. The molecule has 21 heavy (non-hydrogen) atoms. The highest BCUT2D eigenvalue weighted by Crippen LogP contribution is 2.36. The Kier molecular flexibility index (Phi) is 5.06. The van der Waals surface area contributed by atoms with Gasteiger partial charge in [-0.05, 0) is 34.9 Å². The van der Waals surface area contributed by atoms with Gasteiger partial charge in [0.2, 0.25) is 10.0 Å². The van der Waals surface area contributed by atoms with Crippen LogP contribution in [-0.4, -0.2) is 8.42 Å². The van der Waals surface area contributed by atoms with Crippen molar-refractivity contribution in [1.29, 1.82) is 0 Å². The highest BCUT2D eigenvalue weighted by atomic mass is 32.2. The second-order valence-corrected chi connectivity index (χ2v) is 9.33. The maximum absolute atomic E-state index is 11.3. The van der Waals surface area contributed by atoms with E-state index in [1.165, 1.54) is 5.57 Å². The molecule has 4 heteroatoms. The monoisotopic (exact) mass is 309 g/mol. The molecule has 0 spiro atoms. The molecule has 0 heterocycles. The lowest BCUT2D eigenvalue weighted by molar-refractivity contribution is 0.362. The summed E-state index contributed by atoms with van der Waals surface area (Å²) in [6.45, 7) is 13.2. The SMILES string of the molecule is CC(C)(C)CC(=Cc1ccc(S(N)(=O)=O)cc1)C(C)(C)C. The molecule has 0 amide bonds. The molecule has 0 saturated heterocycles. The topological polar surface area (TPSA) is 60.2 Å². The summed E-state index contributed by atoms with van der Waals surface area (Å²) < 4.78 is 22.6. The van der Waals surface area contributed by atoms with Crippen LogP contribution >= 0.6 is 0 Å². The van der Waals surface area contributed by atoms with Crippen molar-refractivity contribution in [3.05, 3.63) is 35.4 Å². The summed E-state index contributed by atoms with van der Waals surface area (Å²) in [5, 5.41) is 5.12. The van der Waals surface area contributed by atoms with Crippen LogP contribution in [0.2, 0.25) is 0 Å². The number of hydrogen-bond acceptors (Lipinski definition) is 2. The van der Waals surface area contributed by atoms with Gasteiger partial charge in [-0.15, -0.1) is 0 Å². The maximum atomic E-state index is 11.3. The molecule has 1 aromatic rings. The van der Waals surface area contributed by atoms with Gasteiger partial charge in [-0.3, -0.25) is 0 Å². The Labute approximate surface area is 129 Å². The smallest absolute Gasteiger partial charge is 0.225 e. The first-order chi connectivity index (χ1) is 9.29. The van der Waals surface area contributed by atoms with Crippen LogP contribution in [0.1, 0.15) is 53.5 Å². The molecule has 0 fully saturated rings. The molecule has 0 unspecified atom stereocenters. The quantitative estimate of drug-likeness (QED) is 0.909. The van der Waals surface area contributed by atoms with Crippen molar-refractivity contribution in [2.45, 2.75) is 52.9 Å². The van der Waals surface area contributed by atoms with Gasteiger partial charge in [0.15, 0.2) is 0 Å². The Morgan fingerprint density at radius 1 is 1.05 bits per heavy atom. The molecular weight excluding hydrogens is 282 g/mol. The second kappa shape index (κ2) is 5.93. The summed E-state index contributed by atoms with van der Waals surface area (Å²) in [5.74, 6) is 0. The van der Waals surface area contributed by atoms with E-state index >= 15 is 0 Å². The van der Waals surface area contributed by atoms with Crippen molar-refractivity contribution in [2.75, 3.05) is 0 Å². The van der Waals surface area contributed by atoms with Crippen molar-refractivity contribution < 1.29 is 8.42 Å². The third-order valence-corrected chi connectivity index (χ3v) is 4.16. The summed E-state index contributed by atoms with van der Waals surface area (Å²) in [4.78, 5) is 0.146. The van der Waals surface area contributed by atoms with Crippen molar-refractivity contribution in [1.82, 2.24) is 0 Å². The first-order valence-electron chi connectivity index (χ1n) is 7.13. The van der Waals surface area contributed by atoms with Gasteiger partial charge in [0.25, 0.3) is 0 Å². The lowest BCUT2D eigenvalue weighted by atomic mass is 9.76. The fraction of sp³-hybridized carbons (Fsp3) is 0.529. The Balaban J connectivity index is 3.17. The fourth-order valence-corrected chi connectivity index (χ4v) is 2.57. The Morgan fingerprint density at radius 2 is 1.52 bits per heavy atom. The van der Waals surface area contributed by atoms with Crippen molar-refractivity contribution in [2.24, 2.45) is 16.0 Å². The molecule has 0 radical (unpaired) electrons. The van der Waals surface area contributed by atoms with Gasteiger partial charge >= 0.3 is 0 Å². The maximum Gasteiger partial charge on any atom is 0.238 e. The van der Waals surface area contributed by atoms with Crippen LogP contribution in [0.5, 0.6) is 0 Å². The highest BCUT2D eigenvalue weighted by Gasteiger charge is 2.22. The minimum atomic E-state index is -3.63. The average Bonchev–Trinajstić information content (AvgIpc) is 2.24. The zero-order valence-electron chi connectivity index (χ0n) is 13.9. The van der Waals surface area contributed by atoms with Crippen LogP contribution < -0.4 is 5.14 Å². The Morgan fingerprint density at radius 3 is 1.86 bits per heavy atom. The van der Waals surface area contributed by atoms with Crippen molar-refractivity contribution in [3.8, 4) is 0 Å². The summed E-state index contributed by atoms with van der Waals surface area (Å²) in [7, 11) is -3.63. The number of benzene rings is 1. The van der Waals surface area contributed by atoms with Crippen LogP contribution in [0.15, 0.2) is 34.7 Å². The zero-order chi connectivity index (χ0) is 16.5. The lowest BCUT2D eigenvalue weighted by Gasteiger charge is -2.29. The number of nitrogens with two attached hydrogens (primary N) is 1. The van der Waals surface area contributed by atoms with Gasteiger partial charge in [0.05, 0.1) is 4.90 Å². The van der Waals surface area contributed by atoms with Crippen molar-refractivity contribution >= 4 is 16.1 Å². The molecule has 0 aromatic heterocycles. The van der Waals surface area contributed by atoms with Crippen LogP contribution in [-0.2, 0) is 10.0 Å². The Bertz CT molecular complexity index is 612. The molecule has 0 aliphatic carbocycles. The van der Waals surface area contributed by atoms with Gasteiger partial charge in [0.1, 0.15) is 0 Å². The zero-order valence-corrected chi connectivity index (χ0v) is 14.7. The third kappa shape index (κ3) is 6.02. The van der Waals surface area contributed by atoms with Crippen LogP contribution in [0.25, 0.3) is 6.08 Å². The number of allylic oxidation sites excluding steroid dienone is 1. The summed E-state index contributed by atoms with van der Waals surface area (Å²) >= 11 is 0. The van der Waals surface area contributed by atoms with Gasteiger partial charge in [0, 0.05) is 0 Å². The summed E-state index contributed by atoms with van der Waals surface area (Å²) in [5.41, 5.74) is 2.63. The van der Waals surface area contributed by atoms with Crippen LogP contribution in [0.3, 0.4) is 0 Å². The fourth-order valence-electron chi connectivity index (χ4n) is 2.06. The van der Waals surface area contributed by atoms with E-state index < -0.39 is 10.0 Å². The molecule has 1 rings (SSSR count). The van der Waals surface area contributed by atoms with Gasteiger partial charge in [-0.1, -0.05) is 65.3 Å². The lowest BCUT2D eigenvalue weighted by Crippen LogP contribution is -2.16. The molecule has 3 nitrogen and oxygen atoms in total. The molecule has 118 valence electrons. The van der Waals surface area contributed by atoms with E-state index in [4.69, 9.17) is 5.14 Å². The molecule has 1 aromatic carbocycles. The van der Waals surface area contributed by atoms with E-state index in [2.05, 4.69) is 47.6 Å². The molecule has 0 atom stereocenters. The number of primary sulfonamides is 1. The molecular formula is C17H27NO2S. The van der Waals surface area contributed by atoms with E-state index in [0.717, 1.165) is 12.0 Å². The minimum absolute atomic E-state index is 0.0753.